The summed E-state index contributed by atoms with van der Waals surface area (Å²) in [5.41, 5.74) is 3.45. The van der Waals surface area contributed by atoms with Crippen LogP contribution in [-0.2, 0) is 20.9 Å². The third kappa shape index (κ3) is 4.88. The van der Waals surface area contributed by atoms with E-state index in [9.17, 15) is 9.59 Å². The van der Waals surface area contributed by atoms with Gasteiger partial charge in [0.1, 0.15) is 19.2 Å². The Kier molecular flexibility index (Phi) is 6.64. The first-order chi connectivity index (χ1) is 15.5. The molecule has 0 bridgehead atoms. The first-order valence-electron chi connectivity index (χ1n) is 11.1. The molecule has 2 aliphatic rings. The zero-order valence-electron chi connectivity index (χ0n) is 18.7. The first-order valence-corrected chi connectivity index (χ1v) is 11.1. The second-order valence-corrected chi connectivity index (χ2v) is 8.88. The van der Waals surface area contributed by atoms with E-state index in [2.05, 4.69) is 37.9 Å². The van der Waals surface area contributed by atoms with E-state index in [1.165, 1.54) is 5.56 Å². The number of aromatic nitrogens is 4. The molecule has 1 aromatic carbocycles. The van der Waals surface area contributed by atoms with Crippen molar-refractivity contribution in [3.8, 4) is 5.69 Å². The average molecular weight is 439 g/mol. The number of esters is 1. The number of aldehydes is 1. The number of carbonyl (C=O) groups excluding carboxylic acids is 2. The van der Waals surface area contributed by atoms with Crippen LogP contribution in [-0.4, -0.2) is 63.6 Å². The fourth-order valence-electron chi connectivity index (χ4n) is 4.52. The quantitative estimate of drug-likeness (QED) is 0.469. The molecule has 1 N–H and O–H groups in total. The number of nitrogens with zero attached hydrogens (tertiary/aromatic N) is 5. The fourth-order valence-corrected chi connectivity index (χ4v) is 4.52. The Morgan fingerprint density at radius 1 is 1.28 bits per heavy atom. The number of hydrogen-bond donors (Lipinski definition) is 1. The minimum Gasteiger partial charge on any atom is -0.456 e. The number of hydrogen-bond acceptors (Lipinski definition) is 8. The first kappa shape index (κ1) is 22.1. The van der Waals surface area contributed by atoms with Crippen molar-refractivity contribution >= 4 is 12.3 Å². The molecule has 1 aliphatic heterocycles. The highest BCUT2D eigenvalue weighted by Crippen LogP contribution is 2.38. The van der Waals surface area contributed by atoms with Crippen molar-refractivity contribution in [3.05, 3.63) is 47.4 Å². The van der Waals surface area contributed by atoms with E-state index in [4.69, 9.17) is 4.74 Å². The van der Waals surface area contributed by atoms with E-state index in [1.54, 1.807) is 17.9 Å². The van der Waals surface area contributed by atoms with Crippen molar-refractivity contribution < 1.29 is 14.3 Å². The van der Waals surface area contributed by atoms with Crippen LogP contribution in [0.2, 0.25) is 0 Å². The van der Waals surface area contributed by atoms with E-state index in [0.717, 1.165) is 62.9 Å². The standard InChI is InChI=1S/C23H30N6O3/c1-17-21(14-32-22(17)31)28(2)12-11-23(15-30)9-7-19(8-10-23)24-13-18-3-5-20(6-4-18)29-16-25-26-27-29/h3-6,15-16,19,24H,7-14H2,1-2H3/t19-,23+. The van der Waals surface area contributed by atoms with Crippen LogP contribution in [0.25, 0.3) is 5.69 Å². The van der Waals surface area contributed by atoms with Gasteiger partial charge in [-0.2, -0.15) is 0 Å². The van der Waals surface area contributed by atoms with Gasteiger partial charge in [-0.1, -0.05) is 12.1 Å². The van der Waals surface area contributed by atoms with Crippen LogP contribution < -0.4 is 5.32 Å². The van der Waals surface area contributed by atoms with Gasteiger partial charge in [-0.05, 0) is 67.2 Å². The van der Waals surface area contributed by atoms with Gasteiger partial charge in [-0.15, -0.1) is 5.10 Å². The smallest absolute Gasteiger partial charge is 0.335 e. The third-order valence-electron chi connectivity index (χ3n) is 6.86. The summed E-state index contributed by atoms with van der Waals surface area (Å²) < 4.78 is 6.73. The van der Waals surface area contributed by atoms with Crippen LogP contribution in [0, 0.1) is 5.41 Å². The Morgan fingerprint density at radius 3 is 2.62 bits per heavy atom. The van der Waals surface area contributed by atoms with Gasteiger partial charge in [0.05, 0.1) is 17.0 Å². The number of nitrogens with one attached hydrogen (secondary N) is 1. The van der Waals surface area contributed by atoms with E-state index in [-0.39, 0.29) is 11.4 Å². The molecule has 2 aromatic rings. The predicted octanol–water partition coefficient (Wildman–Crippen LogP) is 2.03. The Hall–Kier alpha value is -3.07. The van der Waals surface area contributed by atoms with Crippen LogP contribution in [0.15, 0.2) is 41.9 Å². The SMILES string of the molecule is CC1=C(N(C)CC[C@]2(C=O)CC[C@@H](NCc3ccc(-n4cnnn4)cc3)CC2)COC1=O. The fraction of sp³-hybridized carbons (Fsp3) is 0.522. The largest absolute Gasteiger partial charge is 0.456 e. The normalized spacial score (nSPS) is 23.3. The molecule has 4 rings (SSSR count). The lowest BCUT2D eigenvalue weighted by Gasteiger charge is -2.37. The Balaban J connectivity index is 1.24. The number of carbonyl (C=O) groups is 2. The van der Waals surface area contributed by atoms with E-state index in [1.807, 2.05) is 19.2 Å². The van der Waals surface area contributed by atoms with Crippen LogP contribution >= 0.6 is 0 Å². The average Bonchev–Trinajstić information content (AvgIpc) is 3.48. The summed E-state index contributed by atoms with van der Waals surface area (Å²) in [5.74, 6) is -0.242. The van der Waals surface area contributed by atoms with Gasteiger partial charge < -0.3 is 19.7 Å². The lowest BCUT2D eigenvalue weighted by atomic mass is 9.71. The number of ether oxygens (including phenoxy) is 1. The van der Waals surface area contributed by atoms with Crippen molar-refractivity contribution in [1.82, 2.24) is 30.4 Å². The second-order valence-electron chi connectivity index (χ2n) is 8.88. The highest BCUT2D eigenvalue weighted by molar-refractivity contribution is 5.90. The minimum atomic E-state index is -0.280. The maximum absolute atomic E-state index is 12.0. The van der Waals surface area contributed by atoms with Gasteiger partial charge in [0.25, 0.3) is 0 Å². The molecular formula is C23H30N6O3. The highest BCUT2D eigenvalue weighted by Gasteiger charge is 2.35. The van der Waals surface area contributed by atoms with Crippen LogP contribution in [0.4, 0.5) is 0 Å². The van der Waals surface area contributed by atoms with Gasteiger partial charge >= 0.3 is 5.97 Å². The molecule has 0 atom stereocenters. The minimum absolute atomic E-state index is 0.242. The molecule has 2 heterocycles. The number of benzene rings is 1. The summed E-state index contributed by atoms with van der Waals surface area (Å²) >= 11 is 0. The van der Waals surface area contributed by atoms with Crippen molar-refractivity contribution in [2.75, 3.05) is 20.2 Å². The number of cyclic esters (lactones) is 1. The van der Waals surface area contributed by atoms with Gasteiger partial charge in [0, 0.05) is 31.6 Å². The summed E-state index contributed by atoms with van der Waals surface area (Å²) in [7, 11) is 1.97. The molecule has 0 saturated heterocycles. The molecule has 1 saturated carbocycles. The van der Waals surface area contributed by atoms with Crippen molar-refractivity contribution in [2.45, 2.75) is 51.6 Å². The molecule has 9 nitrogen and oxygen atoms in total. The van der Waals surface area contributed by atoms with Gasteiger partial charge in [0.2, 0.25) is 0 Å². The second kappa shape index (κ2) is 9.60. The zero-order chi connectivity index (χ0) is 22.6. The van der Waals surface area contributed by atoms with Crippen molar-refractivity contribution in [3.63, 3.8) is 0 Å². The number of rotatable bonds is 9. The lowest BCUT2D eigenvalue weighted by molar-refractivity contribution is -0.136. The molecule has 170 valence electrons. The Morgan fingerprint density at radius 2 is 2.03 bits per heavy atom. The molecule has 32 heavy (non-hydrogen) atoms. The van der Waals surface area contributed by atoms with Crippen molar-refractivity contribution in [2.24, 2.45) is 5.41 Å². The molecule has 0 unspecified atom stereocenters. The number of likely N-dealkylation sites (N-methyl/N-ethyl adjacent to an activating group) is 1. The highest BCUT2D eigenvalue weighted by atomic mass is 16.5. The maximum Gasteiger partial charge on any atom is 0.335 e. The van der Waals surface area contributed by atoms with Crippen molar-refractivity contribution in [1.29, 1.82) is 0 Å². The van der Waals surface area contributed by atoms with Gasteiger partial charge in [-0.3, -0.25) is 0 Å². The van der Waals surface area contributed by atoms with E-state index in [0.29, 0.717) is 18.2 Å². The molecule has 9 heteroatoms. The summed E-state index contributed by atoms with van der Waals surface area (Å²) in [6, 6.07) is 8.56. The summed E-state index contributed by atoms with van der Waals surface area (Å²) in [6.07, 6.45) is 7.26. The van der Waals surface area contributed by atoms with Gasteiger partial charge in [-0.25, -0.2) is 9.48 Å². The zero-order valence-corrected chi connectivity index (χ0v) is 18.7. The maximum atomic E-state index is 12.0. The summed E-state index contributed by atoms with van der Waals surface area (Å²) in [5, 5.41) is 14.9. The molecular weight excluding hydrogens is 408 g/mol. The van der Waals surface area contributed by atoms with Crippen LogP contribution in [0.1, 0.15) is 44.6 Å². The van der Waals surface area contributed by atoms with Crippen LogP contribution in [0.5, 0.6) is 0 Å². The molecule has 1 fully saturated rings. The third-order valence-corrected chi connectivity index (χ3v) is 6.86. The Bertz CT molecular complexity index is 962. The summed E-state index contributed by atoms with van der Waals surface area (Å²) in [4.78, 5) is 25.7. The molecule has 0 amide bonds. The molecule has 1 aromatic heterocycles. The summed E-state index contributed by atoms with van der Waals surface area (Å²) in [6.45, 7) is 3.66. The van der Waals surface area contributed by atoms with Crippen LogP contribution in [0.3, 0.4) is 0 Å². The topological polar surface area (TPSA) is 102 Å². The van der Waals surface area contributed by atoms with E-state index < -0.39 is 0 Å². The van der Waals surface area contributed by atoms with E-state index >= 15 is 0 Å². The Labute approximate surface area is 187 Å². The lowest BCUT2D eigenvalue weighted by Crippen LogP contribution is -2.39. The number of tetrazole rings is 1. The molecule has 0 radical (unpaired) electrons. The predicted molar refractivity (Wildman–Crippen MR) is 118 cm³/mol. The molecule has 0 spiro atoms. The monoisotopic (exact) mass is 438 g/mol. The van der Waals surface area contributed by atoms with Gasteiger partial charge in [0.15, 0.2) is 0 Å². The molecule has 1 aliphatic carbocycles.